The number of ether oxygens (including phenoxy) is 1. The van der Waals surface area contributed by atoms with E-state index in [1.807, 2.05) is 88.4 Å². The van der Waals surface area contributed by atoms with E-state index in [-0.39, 0.29) is 24.0 Å². The molecule has 242 valence electrons. The number of benzene rings is 3. The number of methoxy groups -OCH3 is 1. The number of aromatic hydroxyl groups is 1. The quantitative estimate of drug-likeness (QED) is 0.282. The number of rotatable bonds is 5. The predicted molar refractivity (Wildman–Crippen MR) is 175 cm³/mol. The highest BCUT2D eigenvalue weighted by atomic mass is 16.5. The standard InChI is InChI=1S/C38H39N3O6/c1-21-11-13-23(14-12-21)39-41-34(44)29-20-28-25(17-18-27-31(28)35(45)40(33(27)43)37(2,3)4)32(26-16-15-24(42)19-30(26)47-5)38(29,36(41)46)22-9-7-6-8-10-22/h6-17,19,27-29,31-32,39,42H,18,20H2,1-5H3/t27-,28+,29-,31-,32+,38+/m0/s1. The van der Waals surface area contributed by atoms with E-state index >= 15 is 4.79 Å². The fraction of sp³-hybridized carbons (Fsp3) is 0.368. The Morgan fingerprint density at radius 1 is 0.894 bits per heavy atom. The molecule has 3 aromatic carbocycles. The van der Waals surface area contributed by atoms with Gasteiger partial charge in [0, 0.05) is 23.1 Å². The summed E-state index contributed by atoms with van der Waals surface area (Å²) in [4.78, 5) is 59.3. The molecule has 0 radical (unpaired) electrons. The van der Waals surface area contributed by atoms with Crippen molar-refractivity contribution in [2.24, 2.45) is 23.7 Å². The van der Waals surface area contributed by atoms with E-state index in [4.69, 9.17) is 4.74 Å². The molecule has 47 heavy (non-hydrogen) atoms. The molecule has 4 amide bonds. The molecule has 0 spiro atoms. The average Bonchev–Trinajstić information content (AvgIpc) is 3.43. The second kappa shape index (κ2) is 10.8. The van der Waals surface area contributed by atoms with E-state index in [0.29, 0.717) is 29.0 Å². The smallest absolute Gasteiger partial charge is 0.260 e. The van der Waals surface area contributed by atoms with Gasteiger partial charge in [0.25, 0.3) is 11.8 Å². The van der Waals surface area contributed by atoms with E-state index in [1.165, 1.54) is 18.1 Å². The maximum atomic E-state index is 15.2. The Kier molecular flexibility index (Phi) is 7.07. The molecule has 3 aromatic rings. The van der Waals surface area contributed by atoms with Gasteiger partial charge in [-0.25, -0.2) is 0 Å². The maximum Gasteiger partial charge on any atom is 0.260 e. The molecule has 2 heterocycles. The van der Waals surface area contributed by atoms with Crippen LogP contribution < -0.4 is 10.2 Å². The predicted octanol–water partition coefficient (Wildman–Crippen LogP) is 5.49. The molecule has 3 fully saturated rings. The summed E-state index contributed by atoms with van der Waals surface area (Å²) in [6, 6.07) is 21.6. The number of phenolic OH excluding ortho intramolecular Hbond substituents is 1. The number of imide groups is 2. The molecule has 9 nitrogen and oxygen atoms in total. The fourth-order valence-corrected chi connectivity index (χ4v) is 8.69. The molecule has 0 bridgehead atoms. The molecule has 2 saturated heterocycles. The van der Waals surface area contributed by atoms with E-state index in [9.17, 15) is 19.5 Å². The van der Waals surface area contributed by atoms with Gasteiger partial charge in [-0.05, 0) is 70.2 Å². The summed E-state index contributed by atoms with van der Waals surface area (Å²) in [5.74, 6) is -4.17. The number of hydrogen-bond donors (Lipinski definition) is 2. The van der Waals surface area contributed by atoms with E-state index < -0.39 is 52.4 Å². The van der Waals surface area contributed by atoms with Crippen molar-refractivity contribution in [1.82, 2.24) is 9.91 Å². The summed E-state index contributed by atoms with van der Waals surface area (Å²) in [5, 5.41) is 11.6. The number of carbonyl (C=O) groups is 4. The van der Waals surface area contributed by atoms with Gasteiger partial charge in [0.2, 0.25) is 11.8 Å². The van der Waals surface area contributed by atoms with Crippen molar-refractivity contribution >= 4 is 29.3 Å². The zero-order valence-corrected chi connectivity index (χ0v) is 27.2. The largest absolute Gasteiger partial charge is 0.508 e. The van der Waals surface area contributed by atoms with Gasteiger partial charge in [-0.1, -0.05) is 65.7 Å². The summed E-state index contributed by atoms with van der Waals surface area (Å²) < 4.78 is 5.83. The number of fused-ring (bicyclic) bond motifs is 4. The highest BCUT2D eigenvalue weighted by Gasteiger charge is 2.71. The summed E-state index contributed by atoms with van der Waals surface area (Å²) in [7, 11) is 1.50. The van der Waals surface area contributed by atoms with Gasteiger partial charge < -0.3 is 9.84 Å². The number of amides is 4. The van der Waals surface area contributed by atoms with Gasteiger partial charge in [0.15, 0.2) is 0 Å². The number of nitrogens with one attached hydrogen (secondary N) is 1. The number of likely N-dealkylation sites (tertiary alicyclic amines) is 1. The summed E-state index contributed by atoms with van der Waals surface area (Å²) in [6.45, 7) is 7.53. The first-order valence-corrected chi connectivity index (χ1v) is 16.1. The number of anilines is 1. The first-order valence-electron chi connectivity index (χ1n) is 16.1. The molecule has 2 aliphatic heterocycles. The highest BCUT2D eigenvalue weighted by molar-refractivity contribution is 6.13. The van der Waals surface area contributed by atoms with Crippen molar-refractivity contribution in [3.63, 3.8) is 0 Å². The molecule has 9 heteroatoms. The minimum atomic E-state index is -1.41. The number of carbonyl (C=O) groups excluding carboxylic acids is 4. The summed E-state index contributed by atoms with van der Waals surface area (Å²) in [5.41, 5.74) is 4.75. The molecule has 6 atom stereocenters. The maximum absolute atomic E-state index is 15.2. The second-order valence-corrected chi connectivity index (χ2v) is 14.2. The van der Waals surface area contributed by atoms with Gasteiger partial charge >= 0.3 is 0 Å². The van der Waals surface area contributed by atoms with Gasteiger partial charge in [-0.3, -0.25) is 29.5 Å². The Morgan fingerprint density at radius 2 is 1.60 bits per heavy atom. The fourth-order valence-electron chi connectivity index (χ4n) is 8.69. The number of aryl methyl sites for hydroxylation is 1. The van der Waals surface area contributed by atoms with Gasteiger partial charge in [-0.15, -0.1) is 0 Å². The molecular weight excluding hydrogens is 594 g/mol. The van der Waals surface area contributed by atoms with Crippen LogP contribution in [0.4, 0.5) is 5.69 Å². The van der Waals surface area contributed by atoms with Crippen molar-refractivity contribution in [2.75, 3.05) is 12.5 Å². The average molecular weight is 634 g/mol. The zero-order valence-electron chi connectivity index (χ0n) is 27.2. The first kappa shape index (κ1) is 30.7. The second-order valence-electron chi connectivity index (χ2n) is 14.2. The van der Waals surface area contributed by atoms with E-state index in [2.05, 4.69) is 5.43 Å². The number of phenols is 1. The van der Waals surface area contributed by atoms with Crippen LogP contribution in [0.1, 0.15) is 56.2 Å². The molecule has 2 aliphatic carbocycles. The van der Waals surface area contributed by atoms with Crippen LogP contribution in [0.3, 0.4) is 0 Å². The molecule has 7 rings (SSSR count). The van der Waals surface area contributed by atoms with Crippen LogP contribution in [0.2, 0.25) is 0 Å². The summed E-state index contributed by atoms with van der Waals surface area (Å²) >= 11 is 0. The van der Waals surface area contributed by atoms with Crippen LogP contribution in [0.15, 0.2) is 84.4 Å². The lowest BCUT2D eigenvalue weighted by Gasteiger charge is -2.50. The molecule has 2 N–H and O–H groups in total. The summed E-state index contributed by atoms with van der Waals surface area (Å²) in [6.07, 6.45) is 2.58. The van der Waals surface area contributed by atoms with E-state index in [0.717, 1.165) is 16.1 Å². The van der Waals surface area contributed by atoms with Crippen LogP contribution >= 0.6 is 0 Å². The minimum absolute atomic E-state index is 0.00478. The molecule has 0 unspecified atom stereocenters. The number of hydrogen-bond acceptors (Lipinski definition) is 7. The third-order valence-corrected chi connectivity index (χ3v) is 10.6. The Balaban J connectivity index is 1.47. The van der Waals surface area contributed by atoms with Gasteiger partial charge in [0.1, 0.15) is 11.5 Å². The van der Waals surface area contributed by atoms with Crippen molar-refractivity contribution in [3.8, 4) is 11.5 Å². The highest BCUT2D eigenvalue weighted by Crippen LogP contribution is 2.65. The first-order chi connectivity index (χ1) is 22.4. The lowest BCUT2D eigenvalue weighted by atomic mass is 9.49. The Morgan fingerprint density at radius 3 is 2.26 bits per heavy atom. The topological polar surface area (TPSA) is 116 Å². The Labute approximate surface area is 274 Å². The van der Waals surface area contributed by atoms with Gasteiger partial charge in [0.05, 0.1) is 36.0 Å². The van der Waals surface area contributed by atoms with Crippen molar-refractivity contribution < 1.29 is 29.0 Å². The van der Waals surface area contributed by atoms with Crippen LogP contribution in [-0.2, 0) is 24.6 Å². The van der Waals surface area contributed by atoms with Crippen molar-refractivity contribution in [3.05, 3.63) is 101 Å². The van der Waals surface area contributed by atoms with Crippen LogP contribution in [0.5, 0.6) is 11.5 Å². The third-order valence-electron chi connectivity index (χ3n) is 10.6. The molecule has 0 aromatic heterocycles. The Hall–Kier alpha value is -4.92. The molecule has 4 aliphatic rings. The number of nitrogens with zero attached hydrogens (tertiary/aromatic N) is 2. The van der Waals surface area contributed by atoms with E-state index in [1.54, 1.807) is 12.1 Å². The van der Waals surface area contributed by atoms with Crippen molar-refractivity contribution in [2.45, 2.75) is 57.4 Å². The lowest BCUT2D eigenvalue weighted by molar-refractivity contribution is -0.146. The van der Waals surface area contributed by atoms with Crippen LogP contribution in [0.25, 0.3) is 0 Å². The minimum Gasteiger partial charge on any atom is -0.508 e. The third kappa shape index (κ3) is 4.42. The SMILES string of the molecule is COc1cc(O)ccc1[C@H]1C2=CC[C@@H]3C(=O)N(C(C)(C)C)C(=O)[C@@H]3[C@@H]2C[C@H]2C(=O)N(Nc3ccc(C)cc3)C(=O)[C@@]12c1ccccc1. The zero-order chi connectivity index (χ0) is 33.4. The molecule has 1 saturated carbocycles. The molecular formula is C38H39N3O6. The monoisotopic (exact) mass is 633 g/mol. The lowest BCUT2D eigenvalue weighted by Crippen LogP contribution is -2.53. The van der Waals surface area contributed by atoms with Crippen LogP contribution in [0, 0.1) is 30.6 Å². The Bertz CT molecular complexity index is 1830. The van der Waals surface area contributed by atoms with Gasteiger partial charge in [-0.2, -0.15) is 5.01 Å². The number of hydrazine groups is 1. The van der Waals surface area contributed by atoms with Crippen molar-refractivity contribution in [1.29, 1.82) is 0 Å². The normalized spacial score (nSPS) is 28.5. The number of allylic oxidation sites excluding steroid dienone is 2. The van der Waals surface area contributed by atoms with Crippen LogP contribution in [-0.4, -0.2) is 51.3 Å².